The summed E-state index contributed by atoms with van der Waals surface area (Å²) >= 11 is 0. The van der Waals surface area contributed by atoms with E-state index in [1.807, 2.05) is 52.3 Å². The molecule has 2 heterocycles. The molecule has 27 heavy (non-hydrogen) atoms. The predicted molar refractivity (Wildman–Crippen MR) is 109 cm³/mol. The average molecular weight is 386 g/mol. The number of anilines is 2. The molecular weight excluding hydrogens is 362 g/mol. The van der Waals surface area contributed by atoms with Gasteiger partial charge in [0.2, 0.25) is 5.91 Å². The Labute approximate surface area is 165 Å². The second-order valence-electron chi connectivity index (χ2n) is 7.02. The van der Waals surface area contributed by atoms with E-state index in [4.69, 9.17) is 5.73 Å². The molecular formula is C21H24ClN3O2. The Morgan fingerprint density at radius 2 is 1.81 bits per heavy atom. The molecule has 6 heteroatoms. The fourth-order valence-electron chi connectivity index (χ4n) is 3.91. The van der Waals surface area contributed by atoms with Crippen molar-refractivity contribution in [1.82, 2.24) is 4.90 Å². The van der Waals surface area contributed by atoms with Crippen LogP contribution in [0, 0.1) is 0 Å². The third kappa shape index (κ3) is 3.78. The van der Waals surface area contributed by atoms with Crippen molar-refractivity contribution in [3.63, 3.8) is 0 Å². The van der Waals surface area contributed by atoms with Gasteiger partial charge in [0.15, 0.2) is 0 Å². The Kier molecular flexibility index (Phi) is 5.71. The van der Waals surface area contributed by atoms with E-state index in [9.17, 15) is 9.59 Å². The number of likely N-dealkylation sites (tertiary alicyclic amines) is 1. The molecule has 1 fully saturated rings. The van der Waals surface area contributed by atoms with Crippen molar-refractivity contribution in [2.45, 2.75) is 32.2 Å². The molecule has 0 aliphatic carbocycles. The van der Waals surface area contributed by atoms with E-state index in [0.29, 0.717) is 25.1 Å². The summed E-state index contributed by atoms with van der Waals surface area (Å²) in [6.45, 7) is 2.07. The minimum Gasteiger partial charge on any atom is -0.398 e. The maximum atomic E-state index is 13.1. The van der Waals surface area contributed by atoms with E-state index in [-0.39, 0.29) is 24.2 Å². The fraction of sp³-hybridized carbons (Fsp3) is 0.333. The van der Waals surface area contributed by atoms with Crippen LogP contribution in [0.5, 0.6) is 0 Å². The molecule has 0 saturated carbocycles. The summed E-state index contributed by atoms with van der Waals surface area (Å²) in [4.78, 5) is 28.7. The van der Waals surface area contributed by atoms with Crippen LogP contribution < -0.4 is 10.6 Å². The van der Waals surface area contributed by atoms with Crippen LogP contribution in [0.2, 0.25) is 0 Å². The van der Waals surface area contributed by atoms with Crippen LogP contribution >= 0.6 is 12.4 Å². The lowest BCUT2D eigenvalue weighted by Crippen LogP contribution is -2.35. The molecule has 2 N–H and O–H groups in total. The zero-order chi connectivity index (χ0) is 18.1. The van der Waals surface area contributed by atoms with Gasteiger partial charge in [-0.15, -0.1) is 12.4 Å². The van der Waals surface area contributed by atoms with Gasteiger partial charge in [0.1, 0.15) is 0 Å². The maximum Gasteiger partial charge on any atom is 0.258 e. The lowest BCUT2D eigenvalue weighted by Gasteiger charge is -2.30. The number of nitrogens with two attached hydrogens (primary N) is 1. The first kappa shape index (κ1) is 19.2. The van der Waals surface area contributed by atoms with Gasteiger partial charge >= 0.3 is 0 Å². The molecule has 1 saturated heterocycles. The molecule has 0 spiro atoms. The molecule has 5 nitrogen and oxygen atoms in total. The summed E-state index contributed by atoms with van der Waals surface area (Å²) < 4.78 is 0. The highest BCUT2D eigenvalue weighted by atomic mass is 35.5. The van der Waals surface area contributed by atoms with Gasteiger partial charge in [-0.25, -0.2) is 0 Å². The van der Waals surface area contributed by atoms with Crippen molar-refractivity contribution in [3.05, 3.63) is 59.2 Å². The van der Waals surface area contributed by atoms with Crippen molar-refractivity contribution >= 4 is 35.6 Å². The summed E-state index contributed by atoms with van der Waals surface area (Å²) in [6, 6.07) is 13.4. The van der Waals surface area contributed by atoms with Crippen LogP contribution in [-0.2, 0) is 17.8 Å². The van der Waals surface area contributed by atoms with Crippen LogP contribution in [0.1, 0.15) is 40.7 Å². The Morgan fingerprint density at radius 1 is 1.04 bits per heavy atom. The number of benzene rings is 2. The Bertz CT molecular complexity index is 868. The molecule has 0 aromatic heterocycles. The highest BCUT2D eigenvalue weighted by Gasteiger charge is 2.25. The molecule has 2 aromatic carbocycles. The Balaban J connectivity index is 0.00000210. The normalized spacial score (nSPS) is 16.1. The SMILES string of the molecule is Cl.Nc1cccc2c1CCCN2C(=O)c1cccc(CN2CCCC2=O)c1. The number of nitrogens with zero attached hydrogens (tertiary/aromatic N) is 2. The lowest BCUT2D eigenvalue weighted by atomic mass is 9.98. The number of rotatable bonds is 3. The van der Waals surface area contributed by atoms with Crippen molar-refractivity contribution in [3.8, 4) is 0 Å². The third-order valence-corrected chi connectivity index (χ3v) is 5.25. The summed E-state index contributed by atoms with van der Waals surface area (Å²) in [5, 5.41) is 0. The third-order valence-electron chi connectivity index (χ3n) is 5.25. The molecule has 142 valence electrons. The van der Waals surface area contributed by atoms with Crippen LogP contribution in [-0.4, -0.2) is 29.8 Å². The largest absolute Gasteiger partial charge is 0.398 e. The monoisotopic (exact) mass is 385 g/mol. The van der Waals surface area contributed by atoms with Gasteiger partial charge in [-0.3, -0.25) is 9.59 Å². The molecule has 0 unspecified atom stereocenters. The van der Waals surface area contributed by atoms with Gasteiger partial charge in [0, 0.05) is 43.0 Å². The second-order valence-corrected chi connectivity index (χ2v) is 7.02. The van der Waals surface area contributed by atoms with Crippen LogP contribution in [0.15, 0.2) is 42.5 Å². The lowest BCUT2D eigenvalue weighted by molar-refractivity contribution is -0.128. The number of carbonyl (C=O) groups excluding carboxylic acids is 2. The topological polar surface area (TPSA) is 66.6 Å². The Hall–Kier alpha value is -2.53. The van der Waals surface area contributed by atoms with E-state index < -0.39 is 0 Å². The minimum absolute atomic E-state index is 0. The average Bonchev–Trinajstić information content (AvgIpc) is 3.06. The minimum atomic E-state index is -0.00820. The smallest absolute Gasteiger partial charge is 0.258 e. The Morgan fingerprint density at radius 3 is 2.59 bits per heavy atom. The zero-order valence-electron chi connectivity index (χ0n) is 15.2. The number of amides is 2. The van der Waals surface area contributed by atoms with Crippen molar-refractivity contribution in [1.29, 1.82) is 0 Å². The molecule has 2 aliphatic rings. The van der Waals surface area contributed by atoms with E-state index in [2.05, 4.69) is 0 Å². The molecule has 2 amide bonds. The van der Waals surface area contributed by atoms with Crippen LogP contribution in [0.4, 0.5) is 11.4 Å². The van der Waals surface area contributed by atoms with E-state index in [1.165, 1.54) is 0 Å². The first-order valence-electron chi connectivity index (χ1n) is 9.19. The number of carbonyl (C=O) groups is 2. The second kappa shape index (κ2) is 8.01. The first-order valence-corrected chi connectivity index (χ1v) is 9.19. The summed E-state index contributed by atoms with van der Waals surface area (Å²) in [5.41, 5.74) is 10.5. The fourth-order valence-corrected chi connectivity index (χ4v) is 3.91. The molecule has 0 atom stereocenters. The van der Waals surface area contributed by atoms with E-state index in [1.54, 1.807) is 0 Å². The van der Waals surface area contributed by atoms with Crippen molar-refractivity contribution < 1.29 is 9.59 Å². The van der Waals surface area contributed by atoms with Crippen molar-refractivity contribution in [2.24, 2.45) is 0 Å². The first-order chi connectivity index (χ1) is 12.6. The molecule has 4 rings (SSSR count). The van der Waals surface area contributed by atoms with Gasteiger partial charge < -0.3 is 15.5 Å². The van der Waals surface area contributed by atoms with Gasteiger partial charge in [0.05, 0.1) is 0 Å². The number of halogens is 1. The number of hydrogen-bond acceptors (Lipinski definition) is 3. The van der Waals surface area contributed by atoms with Gasteiger partial charge in [-0.1, -0.05) is 18.2 Å². The predicted octanol–water partition coefficient (Wildman–Crippen LogP) is 3.41. The van der Waals surface area contributed by atoms with Gasteiger partial charge in [-0.05, 0) is 54.7 Å². The summed E-state index contributed by atoms with van der Waals surface area (Å²) in [6.07, 6.45) is 3.37. The van der Waals surface area contributed by atoms with Crippen LogP contribution in [0.3, 0.4) is 0 Å². The summed E-state index contributed by atoms with van der Waals surface area (Å²) in [7, 11) is 0. The zero-order valence-corrected chi connectivity index (χ0v) is 16.0. The molecule has 0 radical (unpaired) electrons. The van der Waals surface area contributed by atoms with Crippen LogP contribution in [0.25, 0.3) is 0 Å². The highest BCUT2D eigenvalue weighted by molar-refractivity contribution is 6.07. The number of hydrogen-bond donors (Lipinski definition) is 1. The standard InChI is InChI=1S/C21H23N3O2.ClH/c22-18-8-2-9-19-17(18)7-3-12-24(19)21(26)16-6-1-5-15(13-16)14-23-11-4-10-20(23)25;/h1-2,5-6,8-9,13H,3-4,7,10-12,14,22H2;1H. The molecule has 2 aromatic rings. The van der Waals surface area contributed by atoms with Gasteiger partial charge in [0.25, 0.3) is 5.91 Å². The highest BCUT2D eigenvalue weighted by Crippen LogP contribution is 2.32. The van der Waals surface area contributed by atoms with Gasteiger partial charge in [-0.2, -0.15) is 0 Å². The molecule has 2 aliphatic heterocycles. The maximum absolute atomic E-state index is 13.1. The van der Waals surface area contributed by atoms with E-state index in [0.717, 1.165) is 48.3 Å². The molecule has 0 bridgehead atoms. The quantitative estimate of drug-likeness (QED) is 0.823. The number of fused-ring (bicyclic) bond motifs is 1. The van der Waals surface area contributed by atoms with Crippen molar-refractivity contribution in [2.75, 3.05) is 23.7 Å². The van der Waals surface area contributed by atoms with E-state index >= 15 is 0 Å². The number of nitrogen functional groups attached to an aromatic ring is 1. The summed E-state index contributed by atoms with van der Waals surface area (Å²) in [5.74, 6) is 0.188.